The van der Waals surface area contributed by atoms with Gasteiger partial charge in [0, 0.05) is 5.69 Å². The molecule has 9 nitrogen and oxygen atoms in total. The fourth-order valence-corrected chi connectivity index (χ4v) is 3.51. The number of carbonyl (C=O) groups excluding carboxylic acids is 3. The minimum atomic E-state index is -0.559. The van der Waals surface area contributed by atoms with E-state index < -0.39 is 30.1 Å². The maximum absolute atomic E-state index is 13.3. The van der Waals surface area contributed by atoms with Crippen molar-refractivity contribution in [1.29, 1.82) is 0 Å². The molecule has 0 aliphatic carbocycles. The molecule has 3 amide bonds. The molecule has 0 spiro atoms. The van der Waals surface area contributed by atoms with Crippen LogP contribution < -0.4 is 30.0 Å². The number of rotatable bonds is 8. The zero-order valence-corrected chi connectivity index (χ0v) is 19.4. The van der Waals surface area contributed by atoms with Crippen molar-refractivity contribution in [3.63, 3.8) is 0 Å². The number of benzene rings is 3. The van der Waals surface area contributed by atoms with E-state index in [9.17, 15) is 18.8 Å². The summed E-state index contributed by atoms with van der Waals surface area (Å²) in [7, 11) is 2.80. The number of nitrogens with one attached hydrogen (secondary N) is 2. The highest BCUT2D eigenvalue weighted by molar-refractivity contribution is 6.31. The third kappa shape index (κ3) is 5.27. The van der Waals surface area contributed by atoms with E-state index in [0.717, 1.165) is 5.01 Å². The van der Waals surface area contributed by atoms with E-state index in [0.29, 0.717) is 11.3 Å². The summed E-state index contributed by atoms with van der Waals surface area (Å²) >= 11 is 0. The zero-order valence-electron chi connectivity index (χ0n) is 19.4. The number of hydrogen-bond acceptors (Lipinski definition) is 6. The predicted molar refractivity (Wildman–Crippen MR) is 130 cm³/mol. The van der Waals surface area contributed by atoms with Gasteiger partial charge in [-0.25, -0.2) is 9.40 Å². The number of amides is 3. The molecule has 3 aromatic rings. The molecule has 1 aliphatic heterocycles. The van der Waals surface area contributed by atoms with E-state index in [1.807, 2.05) is 0 Å². The molecule has 36 heavy (non-hydrogen) atoms. The normalized spacial score (nSPS) is 14.0. The van der Waals surface area contributed by atoms with Gasteiger partial charge < -0.3 is 19.5 Å². The van der Waals surface area contributed by atoms with Crippen LogP contribution in [0.4, 0.5) is 15.8 Å². The highest BCUT2D eigenvalue weighted by atomic mass is 19.1. The molecule has 184 valence electrons. The SMILES string of the molecule is COc1cc(/C=C2/C(=O)NN(c3ccccc3)C2=O)cc(OC)c1OCC(=O)Nc1cccc(F)c1. The molecule has 0 atom stereocenters. The number of halogens is 1. The van der Waals surface area contributed by atoms with E-state index in [2.05, 4.69) is 10.7 Å². The molecule has 0 unspecified atom stereocenters. The fourth-order valence-electron chi connectivity index (χ4n) is 3.51. The minimum absolute atomic E-state index is 0.0777. The Morgan fingerprint density at radius 2 is 1.69 bits per heavy atom. The second-order valence-electron chi connectivity index (χ2n) is 7.58. The van der Waals surface area contributed by atoms with Gasteiger partial charge in [0.1, 0.15) is 11.4 Å². The highest BCUT2D eigenvalue weighted by Crippen LogP contribution is 2.39. The Hall–Kier alpha value is -4.86. The standard InChI is InChI=1S/C26H22FN3O6/c1-34-21-12-16(11-20-25(32)29-30(26(20)33)19-9-4-3-5-10-19)13-22(35-2)24(21)36-15-23(31)28-18-8-6-7-17(27)14-18/h3-14H,15H2,1-2H3,(H,28,31)(H,29,32)/b20-11-. The van der Waals surface area contributed by atoms with Crippen LogP contribution in [0.3, 0.4) is 0 Å². The Labute approximate surface area is 206 Å². The van der Waals surface area contributed by atoms with Gasteiger partial charge in [-0.05, 0) is 54.1 Å². The molecule has 3 aromatic carbocycles. The first-order valence-corrected chi connectivity index (χ1v) is 10.8. The number of ether oxygens (including phenoxy) is 3. The van der Waals surface area contributed by atoms with Gasteiger partial charge in [-0.3, -0.25) is 19.8 Å². The van der Waals surface area contributed by atoms with E-state index in [-0.39, 0.29) is 28.5 Å². The highest BCUT2D eigenvalue weighted by Gasteiger charge is 2.34. The van der Waals surface area contributed by atoms with Gasteiger partial charge in [0.05, 0.1) is 19.9 Å². The van der Waals surface area contributed by atoms with Crippen molar-refractivity contribution in [1.82, 2.24) is 5.43 Å². The average Bonchev–Trinajstić information content (AvgIpc) is 3.16. The summed E-state index contributed by atoms with van der Waals surface area (Å²) in [6.07, 6.45) is 1.41. The largest absolute Gasteiger partial charge is 0.493 e. The van der Waals surface area contributed by atoms with E-state index in [1.54, 1.807) is 48.5 Å². The van der Waals surface area contributed by atoms with Crippen molar-refractivity contribution < 1.29 is 33.0 Å². The number of hydrazine groups is 1. The lowest BCUT2D eigenvalue weighted by atomic mass is 10.1. The predicted octanol–water partition coefficient (Wildman–Crippen LogP) is 3.32. The summed E-state index contributed by atoms with van der Waals surface area (Å²) in [5.74, 6) is -1.51. The number of anilines is 2. The van der Waals surface area contributed by atoms with Crippen molar-refractivity contribution in [3.8, 4) is 17.2 Å². The Morgan fingerprint density at radius 1 is 1.00 bits per heavy atom. The lowest BCUT2D eigenvalue weighted by Crippen LogP contribution is -2.35. The van der Waals surface area contributed by atoms with Crippen molar-refractivity contribution in [2.75, 3.05) is 31.2 Å². The smallest absolute Gasteiger partial charge is 0.282 e. The average molecular weight is 491 g/mol. The first-order valence-electron chi connectivity index (χ1n) is 10.8. The van der Waals surface area contributed by atoms with Gasteiger partial charge in [0.25, 0.3) is 17.7 Å². The van der Waals surface area contributed by atoms with Crippen LogP contribution in [0, 0.1) is 5.82 Å². The van der Waals surface area contributed by atoms with Gasteiger partial charge in [0.15, 0.2) is 18.1 Å². The van der Waals surface area contributed by atoms with Crippen LogP contribution in [0.25, 0.3) is 6.08 Å². The lowest BCUT2D eigenvalue weighted by molar-refractivity contribution is -0.118. The Balaban J connectivity index is 1.54. The molecule has 1 saturated heterocycles. The van der Waals surface area contributed by atoms with E-state index in [1.165, 1.54) is 38.5 Å². The molecule has 1 heterocycles. The van der Waals surface area contributed by atoms with E-state index >= 15 is 0 Å². The fraction of sp³-hybridized carbons (Fsp3) is 0.115. The number of methoxy groups -OCH3 is 2. The number of carbonyl (C=O) groups is 3. The Bertz CT molecular complexity index is 1320. The second-order valence-corrected chi connectivity index (χ2v) is 7.58. The molecule has 1 fully saturated rings. The zero-order chi connectivity index (χ0) is 25.7. The summed E-state index contributed by atoms with van der Waals surface area (Å²) < 4.78 is 29.7. The van der Waals surface area contributed by atoms with Gasteiger partial charge in [-0.15, -0.1) is 0 Å². The second kappa shape index (κ2) is 10.6. The third-order valence-electron chi connectivity index (χ3n) is 5.16. The van der Waals surface area contributed by atoms with Crippen molar-refractivity contribution in [3.05, 3.63) is 83.7 Å². The quantitative estimate of drug-likeness (QED) is 0.370. The van der Waals surface area contributed by atoms with Crippen molar-refractivity contribution in [2.45, 2.75) is 0 Å². The number of para-hydroxylation sites is 1. The molecule has 2 N–H and O–H groups in total. The number of hydrogen-bond donors (Lipinski definition) is 2. The maximum Gasteiger partial charge on any atom is 0.282 e. The molecular weight excluding hydrogens is 469 g/mol. The first-order chi connectivity index (χ1) is 17.4. The lowest BCUT2D eigenvalue weighted by Gasteiger charge is -2.15. The van der Waals surface area contributed by atoms with Crippen molar-refractivity contribution in [2.24, 2.45) is 0 Å². The van der Waals surface area contributed by atoms with Crippen LogP contribution in [0.15, 0.2) is 72.3 Å². The minimum Gasteiger partial charge on any atom is -0.493 e. The molecule has 0 radical (unpaired) electrons. The van der Waals surface area contributed by atoms with Crippen LogP contribution in [0.5, 0.6) is 17.2 Å². The van der Waals surface area contributed by atoms with Crippen LogP contribution in [0.1, 0.15) is 5.56 Å². The Morgan fingerprint density at radius 3 is 2.33 bits per heavy atom. The Kier molecular flexibility index (Phi) is 7.15. The summed E-state index contributed by atoms with van der Waals surface area (Å²) in [6, 6.07) is 17.3. The van der Waals surface area contributed by atoms with Gasteiger partial charge >= 0.3 is 0 Å². The molecule has 1 aliphatic rings. The summed E-state index contributed by atoms with van der Waals surface area (Å²) in [5, 5.41) is 3.70. The summed E-state index contributed by atoms with van der Waals surface area (Å²) in [6.45, 7) is -0.406. The van der Waals surface area contributed by atoms with Crippen LogP contribution in [-0.4, -0.2) is 38.5 Å². The summed E-state index contributed by atoms with van der Waals surface area (Å²) in [4.78, 5) is 37.6. The van der Waals surface area contributed by atoms with Crippen molar-refractivity contribution >= 4 is 35.2 Å². The monoisotopic (exact) mass is 491 g/mol. The molecule has 4 rings (SSSR count). The van der Waals surface area contributed by atoms with Crippen LogP contribution >= 0.6 is 0 Å². The van der Waals surface area contributed by atoms with Crippen LogP contribution in [-0.2, 0) is 14.4 Å². The molecule has 0 aromatic heterocycles. The maximum atomic E-state index is 13.3. The van der Waals surface area contributed by atoms with Crippen LogP contribution in [0.2, 0.25) is 0 Å². The molecule has 10 heteroatoms. The molecule has 0 saturated carbocycles. The topological polar surface area (TPSA) is 106 Å². The van der Waals surface area contributed by atoms with Gasteiger partial charge in [-0.2, -0.15) is 0 Å². The molecule has 0 bridgehead atoms. The third-order valence-corrected chi connectivity index (χ3v) is 5.16. The number of nitrogens with zero attached hydrogens (tertiary/aromatic N) is 1. The molecular formula is C26H22FN3O6. The van der Waals surface area contributed by atoms with Gasteiger partial charge in [-0.1, -0.05) is 24.3 Å². The first kappa shape index (κ1) is 24.3. The summed E-state index contributed by atoms with van der Waals surface area (Å²) in [5.41, 5.74) is 3.71. The van der Waals surface area contributed by atoms with Gasteiger partial charge in [0.2, 0.25) is 5.75 Å². The van der Waals surface area contributed by atoms with E-state index in [4.69, 9.17) is 14.2 Å².